The van der Waals surface area contributed by atoms with Crippen molar-refractivity contribution < 1.29 is 18.0 Å². The summed E-state index contributed by atoms with van der Waals surface area (Å²) in [6.07, 6.45) is 0.752. The van der Waals surface area contributed by atoms with E-state index in [-0.39, 0.29) is 23.0 Å². The van der Waals surface area contributed by atoms with Crippen molar-refractivity contribution >= 4 is 39.1 Å². The van der Waals surface area contributed by atoms with E-state index in [1.165, 1.54) is 23.1 Å². The molecule has 1 N–H and O–H groups in total. The van der Waals surface area contributed by atoms with E-state index < -0.39 is 28.5 Å². The predicted octanol–water partition coefficient (Wildman–Crippen LogP) is 4.79. The van der Waals surface area contributed by atoms with E-state index in [0.717, 1.165) is 21.9 Å². The molecule has 3 aromatic carbocycles. The summed E-state index contributed by atoms with van der Waals surface area (Å²) in [5.41, 5.74) is 2.08. The van der Waals surface area contributed by atoms with Crippen LogP contribution in [-0.2, 0) is 26.2 Å². The molecule has 9 heteroatoms. The largest absolute Gasteiger partial charge is 0.354 e. The van der Waals surface area contributed by atoms with Crippen LogP contribution in [0.3, 0.4) is 0 Å². The third kappa shape index (κ3) is 7.11. The average molecular weight is 542 g/mol. The molecule has 196 valence electrons. The van der Waals surface area contributed by atoms with Crippen LogP contribution in [0, 0.1) is 6.92 Å². The van der Waals surface area contributed by atoms with Gasteiger partial charge in [-0.2, -0.15) is 0 Å². The zero-order valence-corrected chi connectivity index (χ0v) is 22.8. The van der Waals surface area contributed by atoms with Crippen molar-refractivity contribution in [3.05, 3.63) is 95.0 Å². The van der Waals surface area contributed by atoms with Gasteiger partial charge in [0.05, 0.1) is 10.6 Å². The Hall–Kier alpha value is -3.36. The lowest BCUT2D eigenvalue weighted by Gasteiger charge is -2.32. The van der Waals surface area contributed by atoms with Gasteiger partial charge in [0.1, 0.15) is 12.6 Å². The van der Waals surface area contributed by atoms with Crippen LogP contribution in [0.2, 0.25) is 5.02 Å². The van der Waals surface area contributed by atoms with Crippen molar-refractivity contribution in [2.24, 2.45) is 0 Å². The smallest absolute Gasteiger partial charge is 0.264 e. The van der Waals surface area contributed by atoms with Crippen molar-refractivity contribution in [2.75, 3.05) is 17.4 Å². The first kappa shape index (κ1) is 28.2. The second-order valence-corrected chi connectivity index (χ2v) is 11.0. The van der Waals surface area contributed by atoms with Crippen LogP contribution in [0.15, 0.2) is 83.8 Å². The second-order valence-electron chi connectivity index (χ2n) is 8.72. The molecule has 0 radical (unpaired) electrons. The van der Waals surface area contributed by atoms with Gasteiger partial charge in [-0.3, -0.25) is 13.9 Å². The highest BCUT2D eigenvalue weighted by Crippen LogP contribution is 2.27. The molecule has 0 saturated carbocycles. The van der Waals surface area contributed by atoms with Crippen LogP contribution in [0.4, 0.5) is 5.69 Å². The summed E-state index contributed by atoms with van der Waals surface area (Å²) in [6.45, 7) is 5.65. The molecule has 0 spiro atoms. The molecule has 0 aliphatic carbocycles. The van der Waals surface area contributed by atoms with Crippen molar-refractivity contribution in [2.45, 2.75) is 44.7 Å². The maximum atomic E-state index is 13.8. The number of amides is 2. The van der Waals surface area contributed by atoms with Gasteiger partial charge in [0.2, 0.25) is 11.8 Å². The van der Waals surface area contributed by atoms with Crippen LogP contribution in [0.5, 0.6) is 0 Å². The highest BCUT2D eigenvalue weighted by molar-refractivity contribution is 7.92. The fourth-order valence-corrected chi connectivity index (χ4v) is 5.44. The van der Waals surface area contributed by atoms with Gasteiger partial charge in [-0.1, -0.05) is 67.1 Å². The van der Waals surface area contributed by atoms with Gasteiger partial charge in [0.25, 0.3) is 10.0 Å². The lowest BCUT2D eigenvalue weighted by Crippen LogP contribution is -2.51. The average Bonchev–Trinajstić information content (AvgIpc) is 2.89. The van der Waals surface area contributed by atoms with Crippen LogP contribution < -0.4 is 9.62 Å². The molecule has 1 atom stereocenters. The van der Waals surface area contributed by atoms with Gasteiger partial charge in [0, 0.05) is 18.1 Å². The number of rotatable bonds is 11. The Balaban J connectivity index is 2.02. The van der Waals surface area contributed by atoms with Gasteiger partial charge in [-0.15, -0.1) is 0 Å². The van der Waals surface area contributed by atoms with E-state index in [0.29, 0.717) is 11.6 Å². The number of benzene rings is 3. The van der Waals surface area contributed by atoms with E-state index in [9.17, 15) is 18.0 Å². The van der Waals surface area contributed by atoms with E-state index in [1.807, 2.05) is 38.1 Å². The summed E-state index contributed by atoms with van der Waals surface area (Å²) in [5.74, 6) is -0.814. The Morgan fingerprint density at radius 2 is 1.65 bits per heavy atom. The third-order valence-electron chi connectivity index (χ3n) is 6.02. The molecule has 7 nitrogen and oxygen atoms in total. The lowest BCUT2D eigenvalue weighted by atomic mass is 10.1. The van der Waals surface area contributed by atoms with Gasteiger partial charge in [-0.05, 0) is 61.7 Å². The molecule has 0 aliphatic heterocycles. The Bertz CT molecular complexity index is 1330. The number of anilines is 1. The standard InChI is InChI=1S/C28H32ClN3O4S/c1-4-17-30-28(34)22(3)31(19-23-12-9-8-11-21(23)2)27(33)20-32(25-14-10-13-24(29)18-25)37(35,36)26-15-6-5-7-16-26/h5-16,18,22H,4,17,19-20H2,1-3H3,(H,30,34). The maximum absolute atomic E-state index is 13.8. The van der Waals surface area contributed by atoms with Crippen LogP contribution in [-0.4, -0.2) is 44.3 Å². The first-order chi connectivity index (χ1) is 17.6. The highest BCUT2D eigenvalue weighted by atomic mass is 35.5. The fraction of sp³-hybridized carbons (Fsp3) is 0.286. The SMILES string of the molecule is CCCNC(=O)C(C)N(Cc1ccccc1C)C(=O)CN(c1cccc(Cl)c1)S(=O)(=O)c1ccccc1. The van der Waals surface area contributed by atoms with Crippen LogP contribution >= 0.6 is 11.6 Å². The van der Waals surface area contributed by atoms with Gasteiger partial charge < -0.3 is 10.2 Å². The molecule has 0 heterocycles. The number of sulfonamides is 1. The Kier molecular flexibility index (Phi) is 9.72. The Labute approximate surface area is 224 Å². The molecule has 0 aliphatic rings. The normalized spacial score (nSPS) is 12.0. The van der Waals surface area contributed by atoms with Crippen LogP contribution in [0.1, 0.15) is 31.4 Å². The highest BCUT2D eigenvalue weighted by Gasteiger charge is 2.32. The summed E-state index contributed by atoms with van der Waals surface area (Å²) < 4.78 is 28.4. The number of carbonyl (C=O) groups excluding carboxylic acids is 2. The number of nitrogens with one attached hydrogen (secondary N) is 1. The summed E-state index contributed by atoms with van der Waals surface area (Å²) in [5, 5.41) is 3.17. The number of hydrogen-bond acceptors (Lipinski definition) is 4. The summed E-state index contributed by atoms with van der Waals surface area (Å²) in [7, 11) is -4.11. The molecule has 0 aromatic heterocycles. The molecule has 2 amide bonds. The van der Waals surface area contributed by atoms with E-state index in [1.54, 1.807) is 43.3 Å². The molecule has 1 unspecified atom stereocenters. The number of carbonyl (C=O) groups is 2. The first-order valence-electron chi connectivity index (χ1n) is 12.1. The minimum atomic E-state index is -4.11. The molecule has 0 bridgehead atoms. The van der Waals surface area contributed by atoms with Gasteiger partial charge >= 0.3 is 0 Å². The maximum Gasteiger partial charge on any atom is 0.264 e. The molecule has 0 saturated heterocycles. The van der Waals surface area contributed by atoms with Crippen molar-refractivity contribution in [3.8, 4) is 0 Å². The first-order valence-corrected chi connectivity index (χ1v) is 13.9. The molecule has 3 aromatic rings. The fourth-order valence-electron chi connectivity index (χ4n) is 3.83. The zero-order chi connectivity index (χ0) is 27.0. The molecule has 0 fully saturated rings. The number of halogens is 1. The second kappa shape index (κ2) is 12.7. The van der Waals surface area contributed by atoms with Crippen molar-refractivity contribution in [1.29, 1.82) is 0 Å². The quantitative estimate of drug-likeness (QED) is 0.378. The molecular formula is C28H32ClN3O4S. The monoisotopic (exact) mass is 541 g/mol. The molecule has 37 heavy (non-hydrogen) atoms. The zero-order valence-electron chi connectivity index (χ0n) is 21.2. The summed E-state index contributed by atoms with van der Waals surface area (Å²) in [6, 6.07) is 21.0. The number of hydrogen-bond donors (Lipinski definition) is 1. The predicted molar refractivity (Wildman–Crippen MR) is 147 cm³/mol. The van der Waals surface area contributed by atoms with Gasteiger partial charge in [-0.25, -0.2) is 8.42 Å². The lowest BCUT2D eigenvalue weighted by molar-refractivity contribution is -0.139. The molecule has 3 rings (SSSR count). The van der Waals surface area contributed by atoms with E-state index in [2.05, 4.69) is 5.32 Å². The summed E-state index contributed by atoms with van der Waals surface area (Å²) >= 11 is 6.18. The topological polar surface area (TPSA) is 86.8 Å². The number of nitrogens with zero attached hydrogens (tertiary/aromatic N) is 2. The third-order valence-corrected chi connectivity index (χ3v) is 8.05. The summed E-state index contributed by atoms with van der Waals surface area (Å²) in [4.78, 5) is 28.2. The van der Waals surface area contributed by atoms with Crippen molar-refractivity contribution in [1.82, 2.24) is 10.2 Å². The van der Waals surface area contributed by atoms with Crippen LogP contribution in [0.25, 0.3) is 0 Å². The van der Waals surface area contributed by atoms with Crippen molar-refractivity contribution in [3.63, 3.8) is 0 Å². The minimum absolute atomic E-state index is 0.0435. The Morgan fingerprint density at radius 1 is 0.973 bits per heavy atom. The Morgan fingerprint density at radius 3 is 2.30 bits per heavy atom. The molecular weight excluding hydrogens is 510 g/mol. The minimum Gasteiger partial charge on any atom is -0.354 e. The van der Waals surface area contributed by atoms with E-state index in [4.69, 9.17) is 11.6 Å². The number of aryl methyl sites for hydroxylation is 1. The van der Waals surface area contributed by atoms with E-state index >= 15 is 0 Å². The van der Waals surface area contributed by atoms with Gasteiger partial charge in [0.15, 0.2) is 0 Å².